The zero-order chi connectivity index (χ0) is 15.5. The molecule has 0 bridgehead atoms. The number of nitrogens with zero attached hydrogens (tertiary/aromatic N) is 1. The highest BCUT2D eigenvalue weighted by molar-refractivity contribution is 6.07. The molecule has 0 aliphatic rings. The average Bonchev–Trinajstić information content (AvgIpc) is 3.05. The van der Waals surface area contributed by atoms with Gasteiger partial charge in [0.2, 0.25) is 5.78 Å². The van der Waals surface area contributed by atoms with Gasteiger partial charge >= 0.3 is 0 Å². The Morgan fingerprint density at radius 3 is 2.41 bits per heavy atom. The molecule has 4 heteroatoms. The molecule has 2 N–H and O–H groups in total. The molecule has 0 fully saturated rings. The first kappa shape index (κ1) is 14.2. The third-order valence-corrected chi connectivity index (χ3v) is 3.54. The normalized spacial score (nSPS) is 10.6. The number of imidazole rings is 1. The summed E-state index contributed by atoms with van der Waals surface area (Å²) in [5, 5.41) is 9.05. The van der Waals surface area contributed by atoms with Crippen molar-refractivity contribution in [3.05, 3.63) is 77.1 Å². The van der Waals surface area contributed by atoms with Gasteiger partial charge in [0.05, 0.1) is 12.8 Å². The van der Waals surface area contributed by atoms with Crippen molar-refractivity contribution in [2.75, 3.05) is 0 Å². The van der Waals surface area contributed by atoms with Crippen LogP contribution in [0.4, 0.5) is 0 Å². The van der Waals surface area contributed by atoms with Crippen molar-refractivity contribution >= 4 is 5.78 Å². The minimum absolute atomic E-state index is 0.00952. The molecule has 0 unspecified atom stereocenters. The van der Waals surface area contributed by atoms with Gasteiger partial charge in [-0.2, -0.15) is 0 Å². The monoisotopic (exact) mass is 292 g/mol. The van der Waals surface area contributed by atoms with E-state index in [4.69, 9.17) is 5.11 Å². The summed E-state index contributed by atoms with van der Waals surface area (Å²) in [6, 6.07) is 14.9. The smallest absolute Gasteiger partial charge is 0.210 e. The van der Waals surface area contributed by atoms with Gasteiger partial charge in [0.25, 0.3) is 0 Å². The summed E-state index contributed by atoms with van der Waals surface area (Å²) in [6.45, 7) is 1.99. The molecule has 1 heterocycles. The fourth-order valence-electron chi connectivity index (χ4n) is 2.21. The standard InChI is InChI=1S/C18H16N2O2/c1-12-2-6-14(7-3-12)17(22)16-10-19-18(20-16)15-8-4-13(11-21)5-9-15/h2-10,21H,11H2,1H3,(H,19,20). The number of aromatic nitrogens is 2. The van der Waals surface area contributed by atoms with Crippen molar-refractivity contribution in [1.29, 1.82) is 0 Å². The summed E-state index contributed by atoms with van der Waals surface area (Å²) in [6.07, 6.45) is 1.55. The molecule has 4 nitrogen and oxygen atoms in total. The number of hydrogen-bond acceptors (Lipinski definition) is 3. The summed E-state index contributed by atoms with van der Waals surface area (Å²) in [4.78, 5) is 19.7. The maximum absolute atomic E-state index is 12.4. The molecule has 0 aliphatic heterocycles. The van der Waals surface area contributed by atoms with Crippen LogP contribution in [0.2, 0.25) is 0 Å². The van der Waals surface area contributed by atoms with E-state index in [1.54, 1.807) is 6.20 Å². The molecule has 0 radical (unpaired) electrons. The Kier molecular flexibility index (Phi) is 3.85. The number of nitrogens with one attached hydrogen (secondary N) is 1. The lowest BCUT2D eigenvalue weighted by Gasteiger charge is -2.00. The largest absolute Gasteiger partial charge is 0.392 e. The van der Waals surface area contributed by atoms with Crippen molar-refractivity contribution in [3.63, 3.8) is 0 Å². The van der Waals surface area contributed by atoms with Gasteiger partial charge in [-0.1, -0.05) is 54.1 Å². The minimum atomic E-state index is -0.0780. The first-order valence-electron chi connectivity index (χ1n) is 7.04. The lowest BCUT2D eigenvalue weighted by molar-refractivity contribution is 0.103. The molecule has 1 aromatic heterocycles. The van der Waals surface area contributed by atoms with Gasteiger partial charge in [-0.25, -0.2) is 4.98 Å². The number of aryl methyl sites for hydroxylation is 1. The Bertz CT molecular complexity index is 787. The Labute approximate surface area is 128 Å². The number of aliphatic hydroxyl groups is 1. The van der Waals surface area contributed by atoms with Crippen molar-refractivity contribution in [1.82, 2.24) is 9.97 Å². The van der Waals surface area contributed by atoms with Crippen LogP contribution in [-0.4, -0.2) is 20.9 Å². The first-order valence-corrected chi connectivity index (χ1v) is 7.04. The fourth-order valence-corrected chi connectivity index (χ4v) is 2.21. The predicted octanol–water partition coefficient (Wildman–Crippen LogP) is 3.11. The highest BCUT2D eigenvalue weighted by Crippen LogP contribution is 2.18. The Morgan fingerprint density at radius 2 is 1.77 bits per heavy atom. The molecule has 0 aliphatic carbocycles. The second-order valence-electron chi connectivity index (χ2n) is 5.20. The van der Waals surface area contributed by atoms with E-state index in [0.717, 1.165) is 16.7 Å². The van der Waals surface area contributed by atoms with Gasteiger partial charge in [0.1, 0.15) is 11.5 Å². The summed E-state index contributed by atoms with van der Waals surface area (Å²) < 4.78 is 0. The minimum Gasteiger partial charge on any atom is -0.392 e. The summed E-state index contributed by atoms with van der Waals surface area (Å²) in [5.74, 6) is 0.561. The van der Waals surface area contributed by atoms with Crippen LogP contribution >= 0.6 is 0 Å². The second kappa shape index (κ2) is 5.95. The van der Waals surface area contributed by atoms with Crippen molar-refractivity contribution in [2.24, 2.45) is 0 Å². The van der Waals surface area contributed by atoms with E-state index in [-0.39, 0.29) is 12.4 Å². The summed E-state index contributed by atoms with van der Waals surface area (Å²) >= 11 is 0. The molecular weight excluding hydrogens is 276 g/mol. The quantitative estimate of drug-likeness (QED) is 0.726. The number of hydrogen-bond donors (Lipinski definition) is 2. The number of carbonyl (C=O) groups is 1. The van der Waals surface area contributed by atoms with Gasteiger partial charge in [-0.3, -0.25) is 4.79 Å². The molecule has 0 amide bonds. The second-order valence-corrected chi connectivity index (χ2v) is 5.20. The molecule has 3 aromatic rings. The van der Waals surface area contributed by atoms with Crippen molar-refractivity contribution < 1.29 is 9.90 Å². The lowest BCUT2D eigenvalue weighted by atomic mass is 10.1. The van der Waals surface area contributed by atoms with Crippen LogP contribution in [0.15, 0.2) is 54.7 Å². The van der Waals surface area contributed by atoms with Gasteiger partial charge in [-0.05, 0) is 12.5 Å². The van der Waals surface area contributed by atoms with Crippen LogP contribution in [0.1, 0.15) is 27.2 Å². The van der Waals surface area contributed by atoms with Gasteiger partial charge < -0.3 is 10.1 Å². The molecule has 2 aromatic carbocycles. The maximum Gasteiger partial charge on any atom is 0.210 e. The number of benzene rings is 2. The molecule has 0 saturated carbocycles. The fraction of sp³-hybridized carbons (Fsp3) is 0.111. The van der Waals surface area contributed by atoms with E-state index in [1.807, 2.05) is 55.5 Å². The number of rotatable bonds is 4. The zero-order valence-corrected chi connectivity index (χ0v) is 12.2. The topological polar surface area (TPSA) is 66.0 Å². The summed E-state index contributed by atoms with van der Waals surface area (Å²) in [5.41, 5.74) is 3.93. The third kappa shape index (κ3) is 2.82. The van der Waals surface area contributed by atoms with Crippen LogP contribution in [0.5, 0.6) is 0 Å². The van der Waals surface area contributed by atoms with Gasteiger partial charge in [0.15, 0.2) is 0 Å². The number of aliphatic hydroxyl groups excluding tert-OH is 1. The lowest BCUT2D eigenvalue weighted by Crippen LogP contribution is -2.01. The molecular formula is C18H16N2O2. The van der Waals surface area contributed by atoms with E-state index in [2.05, 4.69) is 9.97 Å². The Balaban J connectivity index is 1.86. The van der Waals surface area contributed by atoms with Crippen LogP contribution in [-0.2, 0) is 6.61 Å². The number of carbonyl (C=O) groups excluding carboxylic acids is 1. The molecule has 0 atom stereocenters. The van der Waals surface area contributed by atoms with Gasteiger partial charge in [-0.15, -0.1) is 0 Å². The molecule has 0 spiro atoms. The number of ketones is 1. The Hall–Kier alpha value is -2.72. The van der Waals surface area contributed by atoms with Crippen LogP contribution in [0.3, 0.4) is 0 Å². The van der Waals surface area contributed by atoms with Crippen LogP contribution < -0.4 is 0 Å². The first-order chi connectivity index (χ1) is 10.7. The zero-order valence-electron chi connectivity index (χ0n) is 12.2. The predicted molar refractivity (Wildman–Crippen MR) is 84.6 cm³/mol. The highest BCUT2D eigenvalue weighted by Gasteiger charge is 2.12. The molecule has 22 heavy (non-hydrogen) atoms. The van der Waals surface area contributed by atoms with E-state index in [9.17, 15) is 4.79 Å². The third-order valence-electron chi connectivity index (χ3n) is 3.54. The number of aromatic amines is 1. The highest BCUT2D eigenvalue weighted by atomic mass is 16.3. The molecule has 0 saturated heterocycles. The SMILES string of the molecule is Cc1ccc(C(=O)c2cnc(-c3ccc(CO)cc3)[nH]2)cc1. The summed E-state index contributed by atoms with van der Waals surface area (Å²) in [7, 11) is 0. The number of H-pyrrole nitrogens is 1. The van der Waals surface area contributed by atoms with E-state index in [0.29, 0.717) is 17.1 Å². The van der Waals surface area contributed by atoms with E-state index < -0.39 is 0 Å². The molecule has 110 valence electrons. The van der Waals surface area contributed by atoms with Crippen molar-refractivity contribution in [3.8, 4) is 11.4 Å². The van der Waals surface area contributed by atoms with Gasteiger partial charge in [0, 0.05) is 11.1 Å². The van der Waals surface area contributed by atoms with Crippen LogP contribution in [0.25, 0.3) is 11.4 Å². The average molecular weight is 292 g/mol. The maximum atomic E-state index is 12.4. The van der Waals surface area contributed by atoms with Crippen molar-refractivity contribution in [2.45, 2.75) is 13.5 Å². The molecule has 3 rings (SSSR count). The van der Waals surface area contributed by atoms with E-state index >= 15 is 0 Å². The van der Waals surface area contributed by atoms with E-state index in [1.165, 1.54) is 0 Å². The van der Waals surface area contributed by atoms with Crippen LogP contribution in [0, 0.1) is 6.92 Å². The Morgan fingerprint density at radius 1 is 1.09 bits per heavy atom.